The van der Waals surface area contributed by atoms with Gasteiger partial charge in [-0.25, -0.2) is 0 Å². The lowest BCUT2D eigenvalue weighted by Gasteiger charge is -1.91. The van der Waals surface area contributed by atoms with E-state index in [2.05, 4.69) is 13.5 Å². The van der Waals surface area contributed by atoms with Gasteiger partial charge in [0.15, 0.2) is 0 Å². The molecule has 0 atom stereocenters. The molecular weight excluding hydrogens is 115 g/mol. The van der Waals surface area contributed by atoms with E-state index in [1.165, 1.54) is 34.0 Å². The molecule has 0 aromatic heterocycles. The van der Waals surface area contributed by atoms with Gasteiger partial charge in [-0.2, -0.15) is 0 Å². The van der Waals surface area contributed by atoms with Crippen LogP contribution < -0.4 is 0 Å². The quantitative estimate of drug-likeness (QED) is 0.394. The van der Waals surface area contributed by atoms with E-state index in [4.69, 9.17) is 0 Å². The molecule has 0 spiro atoms. The molecule has 8 heavy (non-hydrogen) atoms. The molecule has 1 heteroatoms. The maximum Gasteiger partial charge on any atom is -0.0250 e. The van der Waals surface area contributed by atoms with Gasteiger partial charge in [0.05, 0.1) is 0 Å². The molecule has 47 valence electrons. The minimum atomic E-state index is 1.30. The van der Waals surface area contributed by atoms with Gasteiger partial charge in [0.25, 0.3) is 0 Å². The van der Waals surface area contributed by atoms with Crippen molar-refractivity contribution < 1.29 is 0 Å². The molecule has 0 aliphatic rings. The molecule has 0 N–H and O–H groups in total. The normalized spacial score (nSPS) is 10.6. The van der Waals surface area contributed by atoms with Gasteiger partial charge in [0.2, 0.25) is 0 Å². The Morgan fingerprint density at radius 2 is 2.25 bits per heavy atom. The van der Waals surface area contributed by atoms with Crippen molar-refractivity contribution in [2.24, 2.45) is 0 Å². The van der Waals surface area contributed by atoms with Gasteiger partial charge >= 0.3 is 0 Å². The van der Waals surface area contributed by atoms with Crippen molar-refractivity contribution in [2.45, 2.75) is 26.2 Å². The predicted octanol–water partition coefficient (Wildman–Crippen LogP) is 3.27. The maximum atomic E-state index is 3.65. The molecule has 0 aliphatic carbocycles. The van der Waals surface area contributed by atoms with Crippen LogP contribution in [-0.4, -0.2) is 6.16 Å². The van der Waals surface area contributed by atoms with E-state index in [9.17, 15) is 0 Å². The van der Waals surface area contributed by atoms with Crippen LogP contribution in [0.3, 0.4) is 0 Å². The summed E-state index contributed by atoms with van der Waals surface area (Å²) in [5, 5.41) is 0. The average molecular weight is 129 g/mol. The Balaban J connectivity index is 2.62. The lowest BCUT2D eigenvalue weighted by atomic mass is 10.3. The van der Waals surface area contributed by atoms with Gasteiger partial charge in [-0.1, -0.05) is 40.7 Å². The van der Waals surface area contributed by atoms with Crippen molar-refractivity contribution in [1.29, 1.82) is 0 Å². The Morgan fingerprint density at radius 3 is 2.75 bits per heavy atom. The summed E-state index contributed by atoms with van der Waals surface area (Å²) in [6, 6.07) is 0. The Hall–Kier alpha value is 0.170. The first kappa shape index (κ1) is 8.17. The zero-order valence-electron chi connectivity index (χ0n) is 5.56. The van der Waals surface area contributed by atoms with Crippen molar-refractivity contribution in [3.8, 4) is 0 Å². The molecule has 0 heterocycles. The third-order valence-corrected chi connectivity index (χ3v) is 1.85. The summed E-state index contributed by atoms with van der Waals surface area (Å²) >= 11 is 0. The lowest BCUT2D eigenvalue weighted by molar-refractivity contribution is 0.778. The SMILES string of the molecule is C=C[P]CCCCC. The van der Waals surface area contributed by atoms with Crippen molar-refractivity contribution in [3.63, 3.8) is 0 Å². The summed E-state index contributed by atoms with van der Waals surface area (Å²) < 4.78 is 0. The Morgan fingerprint density at radius 1 is 1.50 bits per heavy atom. The van der Waals surface area contributed by atoms with E-state index < -0.39 is 0 Å². The van der Waals surface area contributed by atoms with Gasteiger partial charge in [0.1, 0.15) is 0 Å². The summed E-state index contributed by atoms with van der Waals surface area (Å²) in [6.07, 6.45) is 5.37. The smallest absolute Gasteiger partial charge is 0.0250 e. The zero-order chi connectivity index (χ0) is 6.24. The van der Waals surface area contributed by atoms with Gasteiger partial charge in [-0.15, -0.1) is 0 Å². The van der Waals surface area contributed by atoms with Crippen LogP contribution in [0.4, 0.5) is 0 Å². The van der Waals surface area contributed by atoms with Gasteiger partial charge in [-0.3, -0.25) is 0 Å². The molecule has 1 radical (unpaired) electrons. The highest BCUT2D eigenvalue weighted by Gasteiger charge is 1.82. The first-order valence-corrected chi connectivity index (χ1v) is 4.34. The fourth-order valence-electron chi connectivity index (χ4n) is 0.544. The molecule has 0 fully saturated rings. The lowest BCUT2D eigenvalue weighted by Crippen LogP contribution is -1.73. The van der Waals surface area contributed by atoms with E-state index in [0.717, 1.165) is 0 Å². The second kappa shape index (κ2) is 7.17. The van der Waals surface area contributed by atoms with E-state index >= 15 is 0 Å². The number of unbranched alkanes of at least 4 members (excludes halogenated alkanes) is 2. The van der Waals surface area contributed by atoms with Crippen LogP contribution in [0.2, 0.25) is 0 Å². The molecule has 0 amide bonds. The Labute approximate surface area is 54.2 Å². The summed E-state index contributed by atoms with van der Waals surface area (Å²) in [4.78, 5) is 0. The van der Waals surface area contributed by atoms with Crippen molar-refractivity contribution in [2.75, 3.05) is 6.16 Å². The van der Waals surface area contributed by atoms with Gasteiger partial charge in [-0.05, 0) is 12.6 Å². The van der Waals surface area contributed by atoms with Gasteiger partial charge in [0, 0.05) is 0 Å². The van der Waals surface area contributed by atoms with E-state index in [0.29, 0.717) is 0 Å². The topological polar surface area (TPSA) is 0 Å². The highest BCUT2D eigenvalue weighted by atomic mass is 31.1. The maximum absolute atomic E-state index is 3.65. The summed E-state index contributed by atoms with van der Waals surface area (Å²) in [5.41, 5.74) is 0. The second-order valence-electron chi connectivity index (χ2n) is 1.80. The molecule has 0 unspecified atom stereocenters. The summed E-state index contributed by atoms with van der Waals surface area (Å²) in [6.45, 7) is 5.87. The van der Waals surface area contributed by atoms with E-state index in [1.807, 2.05) is 5.82 Å². The molecule has 0 aliphatic heterocycles. The third-order valence-electron chi connectivity index (χ3n) is 1.02. The molecule has 0 bridgehead atoms. The fraction of sp³-hybridized carbons (Fsp3) is 0.714. The fourth-order valence-corrected chi connectivity index (χ4v) is 1.13. The minimum Gasteiger partial charge on any atom is -0.0982 e. The third kappa shape index (κ3) is 6.17. The molecule has 0 aromatic carbocycles. The first-order chi connectivity index (χ1) is 3.91. The number of hydrogen-bond acceptors (Lipinski definition) is 0. The van der Waals surface area contributed by atoms with Crippen LogP contribution >= 0.6 is 8.58 Å². The van der Waals surface area contributed by atoms with Crippen LogP contribution in [0.15, 0.2) is 12.4 Å². The molecule has 0 rings (SSSR count). The molecule has 0 nitrogen and oxygen atoms in total. The first-order valence-electron chi connectivity index (χ1n) is 3.19. The van der Waals surface area contributed by atoms with E-state index in [-0.39, 0.29) is 0 Å². The summed E-state index contributed by atoms with van der Waals surface area (Å²) in [5.74, 6) is 1.97. The van der Waals surface area contributed by atoms with Gasteiger partial charge < -0.3 is 0 Å². The average Bonchev–Trinajstić information content (AvgIpc) is 1.81. The molecule has 0 saturated heterocycles. The number of rotatable bonds is 5. The highest BCUT2D eigenvalue weighted by Crippen LogP contribution is 2.12. The van der Waals surface area contributed by atoms with E-state index in [1.54, 1.807) is 0 Å². The standard InChI is InChI=1S/C7H14P/c1-3-5-6-7-8-4-2/h4H,2-3,5-7H2,1H3. The van der Waals surface area contributed by atoms with Crippen LogP contribution in [0, 0.1) is 0 Å². The Kier molecular flexibility index (Phi) is 7.32. The summed E-state index contributed by atoms with van der Waals surface area (Å²) in [7, 11) is 1.40. The van der Waals surface area contributed by atoms with Crippen LogP contribution in [0.5, 0.6) is 0 Å². The monoisotopic (exact) mass is 129 g/mol. The molecule has 0 aromatic rings. The minimum absolute atomic E-state index is 1.30. The van der Waals surface area contributed by atoms with Crippen molar-refractivity contribution in [3.05, 3.63) is 12.4 Å². The Bertz CT molecular complexity index is 50.3. The molecule has 0 saturated carbocycles. The van der Waals surface area contributed by atoms with Crippen LogP contribution in [-0.2, 0) is 0 Å². The largest absolute Gasteiger partial charge is 0.0982 e. The number of hydrogen-bond donors (Lipinski definition) is 0. The zero-order valence-corrected chi connectivity index (χ0v) is 6.45. The molecular formula is C7H14P. The highest BCUT2D eigenvalue weighted by molar-refractivity contribution is 7.41. The predicted molar refractivity (Wildman–Crippen MR) is 41.5 cm³/mol. The van der Waals surface area contributed by atoms with Crippen molar-refractivity contribution >= 4 is 8.58 Å². The van der Waals surface area contributed by atoms with Crippen molar-refractivity contribution in [1.82, 2.24) is 0 Å². The second-order valence-corrected chi connectivity index (χ2v) is 2.97. The van der Waals surface area contributed by atoms with Crippen LogP contribution in [0.25, 0.3) is 0 Å². The van der Waals surface area contributed by atoms with Crippen LogP contribution in [0.1, 0.15) is 26.2 Å².